The van der Waals surface area contributed by atoms with Crippen LogP contribution in [0.2, 0.25) is 0 Å². The number of hydrogen-bond donors (Lipinski definition) is 1. The van der Waals surface area contributed by atoms with Gasteiger partial charge in [-0.05, 0) is 43.4 Å². The zero-order valence-electron chi connectivity index (χ0n) is 15.7. The molecule has 6 nitrogen and oxygen atoms in total. The first-order chi connectivity index (χ1) is 14.2. The number of aromatic nitrogens is 4. The Hall–Kier alpha value is -3.49. The van der Waals surface area contributed by atoms with Crippen LogP contribution >= 0.6 is 0 Å². The van der Waals surface area contributed by atoms with E-state index in [1.54, 1.807) is 0 Å². The molecule has 0 bridgehead atoms. The predicted octanol–water partition coefficient (Wildman–Crippen LogP) is 4.85. The molecule has 1 fully saturated rings. The first-order valence-corrected chi connectivity index (χ1v) is 9.34. The van der Waals surface area contributed by atoms with Gasteiger partial charge in [0.2, 0.25) is 0 Å². The lowest BCUT2D eigenvalue weighted by atomic mass is 10.1. The highest BCUT2D eigenvalue weighted by atomic mass is 19.4. The van der Waals surface area contributed by atoms with Crippen LogP contribution in [0.3, 0.4) is 0 Å². The van der Waals surface area contributed by atoms with Crippen LogP contribution in [0, 0.1) is 6.92 Å². The second-order valence-electron chi connectivity index (χ2n) is 7.50. The number of carbonyl (C=O) groups is 1. The van der Waals surface area contributed by atoms with Crippen LogP contribution in [0.25, 0.3) is 27.9 Å². The van der Waals surface area contributed by atoms with E-state index >= 15 is 0 Å². The van der Waals surface area contributed by atoms with Crippen molar-refractivity contribution in [3.8, 4) is 11.3 Å². The zero-order valence-corrected chi connectivity index (χ0v) is 15.7. The molecule has 1 saturated carbocycles. The number of halogens is 3. The maximum atomic E-state index is 13.4. The summed E-state index contributed by atoms with van der Waals surface area (Å²) in [7, 11) is 0. The van der Waals surface area contributed by atoms with Crippen molar-refractivity contribution in [1.29, 1.82) is 0 Å². The van der Waals surface area contributed by atoms with Crippen molar-refractivity contribution in [2.24, 2.45) is 0 Å². The maximum absolute atomic E-state index is 13.4. The van der Waals surface area contributed by atoms with Crippen molar-refractivity contribution >= 4 is 22.6 Å². The fourth-order valence-corrected chi connectivity index (χ4v) is 3.59. The summed E-state index contributed by atoms with van der Waals surface area (Å²) < 4.78 is 41.1. The summed E-state index contributed by atoms with van der Waals surface area (Å²) in [6, 6.07) is 9.81. The van der Waals surface area contributed by atoms with Crippen molar-refractivity contribution in [1.82, 2.24) is 19.6 Å². The van der Waals surface area contributed by atoms with Gasteiger partial charge in [-0.15, -0.1) is 5.10 Å². The summed E-state index contributed by atoms with van der Waals surface area (Å²) in [4.78, 5) is 20.2. The molecule has 0 aliphatic heterocycles. The van der Waals surface area contributed by atoms with E-state index in [-0.39, 0.29) is 22.9 Å². The van der Waals surface area contributed by atoms with Gasteiger partial charge in [0, 0.05) is 5.56 Å². The average molecular weight is 412 g/mol. The Bertz CT molecular complexity index is 1320. The molecule has 3 aromatic heterocycles. The number of benzene rings is 1. The smallest absolute Gasteiger partial charge is 0.433 e. The van der Waals surface area contributed by atoms with E-state index in [4.69, 9.17) is 0 Å². The first-order valence-electron chi connectivity index (χ1n) is 9.34. The Morgan fingerprint density at radius 2 is 1.83 bits per heavy atom. The molecular weight excluding hydrogens is 397 g/mol. The molecule has 1 aliphatic rings. The topological polar surface area (TPSA) is 80.4 Å². The van der Waals surface area contributed by atoms with Gasteiger partial charge in [-0.1, -0.05) is 29.8 Å². The molecule has 1 aromatic carbocycles. The fourth-order valence-electron chi connectivity index (χ4n) is 3.59. The third-order valence-corrected chi connectivity index (χ3v) is 5.25. The normalized spacial score (nSPS) is 14.5. The van der Waals surface area contributed by atoms with Crippen LogP contribution in [0.5, 0.6) is 0 Å². The highest BCUT2D eigenvalue weighted by molar-refractivity contribution is 5.97. The number of carboxylic acid groups (broad SMARTS) is 1. The molecule has 0 saturated heterocycles. The van der Waals surface area contributed by atoms with Crippen LogP contribution in [0.1, 0.15) is 46.1 Å². The number of alkyl halides is 3. The molecule has 3 heterocycles. The summed E-state index contributed by atoms with van der Waals surface area (Å²) in [6.45, 7) is 1.93. The molecule has 0 radical (unpaired) electrons. The molecule has 4 aromatic rings. The third-order valence-electron chi connectivity index (χ3n) is 5.25. The molecule has 0 unspecified atom stereocenters. The molecule has 0 spiro atoms. The number of pyridine rings is 1. The Balaban J connectivity index is 1.86. The molecule has 30 heavy (non-hydrogen) atoms. The number of fused-ring (bicyclic) bond motifs is 3. The van der Waals surface area contributed by atoms with E-state index in [1.165, 1.54) is 6.07 Å². The molecule has 152 valence electrons. The van der Waals surface area contributed by atoms with E-state index in [2.05, 4.69) is 15.1 Å². The quantitative estimate of drug-likeness (QED) is 0.520. The van der Waals surface area contributed by atoms with Gasteiger partial charge in [0.1, 0.15) is 5.69 Å². The van der Waals surface area contributed by atoms with E-state index < -0.39 is 17.8 Å². The van der Waals surface area contributed by atoms with E-state index in [9.17, 15) is 23.1 Å². The minimum Gasteiger partial charge on any atom is -0.477 e. The Morgan fingerprint density at radius 1 is 1.13 bits per heavy atom. The van der Waals surface area contributed by atoms with Crippen molar-refractivity contribution in [3.05, 3.63) is 58.9 Å². The molecule has 5 rings (SSSR count). The number of carboxylic acids is 1. The van der Waals surface area contributed by atoms with Crippen LogP contribution in [-0.2, 0) is 6.18 Å². The molecule has 1 aliphatic carbocycles. The molecular formula is C21H15F3N4O2. The average Bonchev–Trinajstić information content (AvgIpc) is 3.46. The van der Waals surface area contributed by atoms with E-state index in [0.29, 0.717) is 22.2 Å². The number of aromatic carboxylic acids is 1. The second-order valence-corrected chi connectivity index (χ2v) is 7.50. The lowest BCUT2D eigenvalue weighted by Crippen LogP contribution is -2.09. The van der Waals surface area contributed by atoms with E-state index in [0.717, 1.165) is 29.0 Å². The first kappa shape index (κ1) is 18.5. The zero-order chi connectivity index (χ0) is 21.2. The van der Waals surface area contributed by atoms with Crippen LogP contribution < -0.4 is 0 Å². The van der Waals surface area contributed by atoms with Crippen molar-refractivity contribution in [3.63, 3.8) is 0 Å². The second kappa shape index (κ2) is 6.25. The standard InChI is InChI=1S/C21H15F3N4O2/c1-10-2-4-12(5-3-10)14-9-15(20(29)30)28-19(25-14)17-13(11-6-7-11)8-16(21(22,23)24)26-18(17)27-28/h2-5,8-9,11H,6-7H2,1H3,(H,29,30). The van der Waals surface area contributed by atoms with Gasteiger partial charge in [-0.2, -0.15) is 13.2 Å². The maximum Gasteiger partial charge on any atom is 0.433 e. The SMILES string of the molecule is Cc1ccc(-c2cc(C(=O)O)n3nc4nc(C(F)(F)F)cc(C5CC5)c4c3n2)cc1. The Kier molecular flexibility index (Phi) is 3.86. The summed E-state index contributed by atoms with van der Waals surface area (Å²) in [5.41, 5.74) is 1.43. The highest BCUT2D eigenvalue weighted by Crippen LogP contribution is 2.45. The number of nitrogens with zero attached hydrogens (tertiary/aromatic N) is 4. The summed E-state index contributed by atoms with van der Waals surface area (Å²) in [5.74, 6) is -1.30. The van der Waals surface area contributed by atoms with Crippen molar-refractivity contribution in [2.75, 3.05) is 0 Å². The molecule has 1 N–H and O–H groups in total. The van der Waals surface area contributed by atoms with Gasteiger partial charge in [0.05, 0.1) is 11.1 Å². The number of rotatable bonds is 3. The van der Waals surface area contributed by atoms with E-state index in [1.807, 2.05) is 31.2 Å². The minimum atomic E-state index is -4.62. The van der Waals surface area contributed by atoms with Gasteiger partial charge < -0.3 is 5.11 Å². The van der Waals surface area contributed by atoms with Crippen molar-refractivity contribution < 1.29 is 23.1 Å². The Morgan fingerprint density at radius 3 is 2.43 bits per heavy atom. The summed E-state index contributed by atoms with van der Waals surface area (Å²) >= 11 is 0. The molecule has 9 heteroatoms. The van der Waals surface area contributed by atoms with Gasteiger partial charge >= 0.3 is 12.1 Å². The fraction of sp³-hybridized carbons (Fsp3) is 0.238. The van der Waals surface area contributed by atoms with Crippen molar-refractivity contribution in [2.45, 2.75) is 31.9 Å². The van der Waals surface area contributed by atoms with Gasteiger partial charge in [-0.3, -0.25) is 0 Å². The lowest BCUT2D eigenvalue weighted by molar-refractivity contribution is -0.141. The summed E-state index contributed by atoms with van der Waals surface area (Å²) in [5, 5.41) is 14.2. The minimum absolute atomic E-state index is 0.0392. The van der Waals surface area contributed by atoms with Gasteiger partial charge in [0.25, 0.3) is 0 Å². The summed E-state index contributed by atoms with van der Waals surface area (Å²) in [6.07, 6.45) is -3.10. The highest BCUT2D eigenvalue weighted by Gasteiger charge is 2.37. The number of aryl methyl sites for hydroxylation is 1. The lowest BCUT2D eigenvalue weighted by Gasteiger charge is -2.09. The molecule has 0 amide bonds. The molecule has 0 atom stereocenters. The van der Waals surface area contributed by atoms with Gasteiger partial charge in [0.15, 0.2) is 17.0 Å². The van der Waals surface area contributed by atoms with Crippen LogP contribution in [-0.4, -0.2) is 30.7 Å². The predicted molar refractivity (Wildman–Crippen MR) is 102 cm³/mol. The van der Waals surface area contributed by atoms with Crippen LogP contribution in [0.4, 0.5) is 13.2 Å². The third kappa shape index (κ3) is 2.97. The van der Waals surface area contributed by atoms with Crippen LogP contribution in [0.15, 0.2) is 36.4 Å². The Labute approximate surface area is 168 Å². The van der Waals surface area contributed by atoms with Gasteiger partial charge in [-0.25, -0.2) is 19.3 Å². The monoisotopic (exact) mass is 412 g/mol. The number of hydrogen-bond acceptors (Lipinski definition) is 4. The largest absolute Gasteiger partial charge is 0.477 e.